The van der Waals surface area contributed by atoms with E-state index in [1.807, 2.05) is 19.2 Å². The summed E-state index contributed by atoms with van der Waals surface area (Å²) in [7, 11) is -3.23. The van der Waals surface area contributed by atoms with Gasteiger partial charge in [0, 0.05) is 17.6 Å². The molecular formula is C12H16O3S2. The molecule has 0 aliphatic rings. The van der Waals surface area contributed by atoms with Crippen LogP contribution >= 0.6 is 11.8 Å². The summed E-state index contributed by atoms with van der Waals surface area (Å²) in [5, 5.41) is 0. The molecular weight excluding hydrogens is 256 g/mol. The lowest BCUT2D eigenvalue weighted by atomic mass is 9.98. The van der Waals surface area contributed by atoms with Crippen molar-refractivity contribution >= 4 is 27.9 Å². The second-order valence-electron chi connectivity index (χ2n) is 3.95. The van der Waals surface area contributed by atoms with Crippen molar-refractivity contribution in [3.05, 3.63) is 23.8 Å². The van der Waals surface area contributed by atoms with Gasteiger partial charge in [0.05, 0.1) is 4.90 Å². The van der Waals surface area contributed by atoms with E-state index in [1.54, 1.807) is 12.1 Å². The molecule has 3 nitrogen and oxygen atoms in total. The van der Waals surface area contributed by atoms with Gasteiger partial charge in [-0.25, -0.2) is 8.42 Å². The van der Waals surface area contributed by atoms with Crippen LogP contribution < -0.4 is 0 Å². The third-order valence-corrected chi connectivity index (χ3v) is 4.73. The van der Waals surface area contributed by atoms with Crippen molar-refractivity contribution < 1.29 is 13.2 Å². The highest BCUT2D eigenvalue weighted by molar-refractivity contribution is 7.99. The zero-order valence-electron chi connectivity index (χ0n) is 10.1. The number of carbonyl (C=O) groups excluding carboxylic acids is 1. The third-order valence-electron chi connectivity index (χ3n) is 2.59. The first kappa shape index (κ1) is 14.3. The molecule has 1 atom stereocenters. The summed E-state index contributed by atoms with van der Waals surface area (Å²) in [6.07, 6.45) is 4.32. The maximum atomic E-state index is 11.7. The zero-order valence-corrected chi connectivity index (χ0v) is 11.8. The minimum atomic E-state index is -3.23. The van der Waals surface area contributed by atoms with Crippen LogP contribution in [0.5, 0.6) is 0 Å². The predicted octanol–water partition coefficient (Wildman–Crippen LogP) is 2.50. The molecule has 0 fully saturated rings. The highest BCUT2D eigenvalue weighted by atomic mass is 32.2. The molecule has 0 radical (unpaired) electrons. The van der Waals surface area contributed by atoms with Crippen LogP contribution in [0.15, 0.2) is 28.0 Å². The molecule has 0 spiro atoms. The van der Waals surface area contributed by atoms with Crippen LogP contribution in [0.3, 0.4) is 0 Å². The molecule has 17 heavy (non-hydrogen) atoms. The number of carbonyl (C=O) groups is 1. The van der Waals surface area contributed by atoms with Gasteiger partial charge in [0.25, 0.3) is 0 Å². The first-order chi connectivity index (χ1) is 7.91. The Morgan fingerprint density at radius 2 is 2.06 bits per heavy atom. The summed E-state index contributed by atoms with van der Waals surface area (Å²) in [5.74, 6) is 0.0386. The van der Waals surface area contributed by atoms with E-state index in [0.29, 0.717) is 11.3 Å². The van der Waals surface area contributed by atoms with Crippen LogP contribution in [-0.4, -0.2) is 27.2 Å². The highest BCUT2D eigenvalue weighted by Crippen LogP contribution is 2.33. The van der Waals surface area contributed by atoms with E-state index in [-0.39, 0.29) is 5.92 Å². The topological polar surface area (TPSA) is 51.2 Å². The van der Waals surface area contributed by atoms with Gasteiger partial charge in [-0.05, 0) is 23.8 Å². The predicted molar refractivity (Wildman–Crippen MR) is 70.4 cm³/mol. The Kier molecular flexibility index (Phi) is 4.77. The van der Waals surface area contributed by atoms with Gasteiger partial charge in [-0.1, -0.05) is 19.1 Å². The SMILES string of the molecule is CSc1c(C(C)CC=O)cccc1S(C)(=O)=O. The molecule has 0 saturated carbocycles. The van der Waals surface area contributed by atoms with Crippen molar-refractivity contribution in [1.82, 2.24) is 0 Å². The Morgan fingerprint density at radius 1 is 1.41 bits per heavy atom. The number of hydrogen-bond donors (Lipinski definition) is 0. The summed E-state index contributed by atoms with van der Waals surface area (Å²) < 4.78 is 23.3. The fourth-order valence-corrected chi connectivity index (χ4v) is 3.96. The lowest BCUT2D eigenvalue weighted by Crippen LogP contribution is -2.04. The molecule has 1 aromatic rings. The summed E-state index contributed by atoms with van der Waals surface area (Å²) in [4.78, 5) is 11.6. The molecule has 0 aromatic heterocycles. The molecule has 0 heterocycles. The first-order valence-corrected chi connectivity index (χ1v) is 8.34. The van der Waals surface area contributed by atoms with E-state index in [0.717, 1.165) is 16.7 Å². The summed E-state index contributed by atoms with van der Waals surface area (Å²) in [6, 6.07) is 5.22. The second kappa shape index (κ2) is 5.69. The van der Waals surface area contributed by atoms with E-state index in [9.17, 15) is 13.2 Å². The van der Waals surface area contributed by atoms with Gasteiger partial charge in [0.1, 0.15) is 6.29 Å². The summed E-state index contributed by atoms with van der Waals surface area (Å²) in [6.45, 7) is 1.93. The van der Waals surface area contributed by atoms with Crippen molar-refractivity contribution in [2.24, 2.45) is 0 Å². The van der Waals surface area contributed by atoms with Crippen LogP contribution in [0.25, 0.3) is 0 Å². The van der Waals surface area contributed by atoms with Crippen molar-refractivity contribution in [1.29, 1.82) is 0 Å². The van der Waals surface area contributed by atoms with E-state index in [4.69, 9.17) is 0 Å². The van der Waals surface area contributed by atoms with Crippen LogP contribution in [0, 0.1) is 0 Å². The number of hydrogen-bond acceptors (Lipinski definition) is 4. The molecule has 5 heteroatoms. The lowest BCUT2D eigenvalue weighted by Gasteiger charge is -2.15. The molecule has 0 bridgehead atoms. The molecule has 1 unspecified atom stereocenters. The standard InChI is InChI=1S/C12H16O3S2/c1-9(7-8-13)10-5-4-6-11(12(10)16-2)17(3,14)15/h4-6,8-9H,7H2,1-3H3. The Morgan fingerprint density at radius 3 is 2.53 bits per heavy atom. The number of benzene rings is 1. The van der Waals surface area contributed by atoms with Crippen molar-refractivity contribution in [3.63, 3.8) is 0 Å². The monoisotopic (exact) mass is 272 g/mol. The van der Waals surface area contributed by atoms with Crippen molar-refractivity contribution in [2.75, 3.05) is 12.5 Å². The zero-order chi connectivity index (χ0) is 13.1. The number of aldehydes is 1. The molecule has 0 aliphatic heterocycles. The van der Waals surface area contributed by atoms with Crippen molar-refractivity contribution in [3.8, 4) is 0 Å². The van der Waals surface area contributed by atoms with E-state index >= 15 is 0 Å². The minimum absolute atomic E-state index is 0.0386. The average molecular weight is 272 g/mol. The maximum absolute atomic E-state index is 11.7. The minimum Gasteiger partial charge on any atom is -0.303 e. The van der Waals surface area contributed by atoms with Crippen LogP contribution in [-0.2, 0) is 14.6 Å². The van der Waals surface area contributed by atoms with Gasteiger partial charge in [0.15, 0.2) is 9.84 Å². The smallest absolute Gasteiger partial charge is 0.176 e. The Hall–Kier alpha value is -0.810. The number of rotatable bonds is 5. The lowest BCUT2D eigenvalue weighted by molar-refractivity contribution is -0.108. The Bertz CT molecular complexity index is 506. The van der Waals surface area contributed by atoms with Crippen molar-refractivity contribution in [2.45, 2.75) is 29.1 Å². The molecule has 94 valence electrons. The largest absolute Gasteiger partial charge is 0.303 e. The molecule has 1 aromatic carbocycles. The fourth-order valence-electron chi connectivity index (χ4n) is 1.70. The highest BCUT2D eigenvalue weighted by Gasteiger charge is 2.18. The van der Waals surface area contributed by atoms with Crippen LogP contribution in [0.1, 0.15) is 24.8 Å². The molecule has 0 saturated heterocycles. The van der Waals surface area contributed by atoms with Gasteiger partial charge >= 0.3 is 0 Å². The molecule has 0 N–H and O–H groups in total. The van der Waals surface area contributed by atoms with Gasteiger partial charge < -0.3 is 4.79 Å². The third kappa shape index (κ3) is 3.33. The number of sulfone groups is 1. The second-order valence-corrected chi connectivity index (χ2v) is 6.75. The first-order valence-electron chi connectivity index (χ1n) is 5.22. The number of thioether (sulfide) groups is 1. The molecule has 1 rings (SSSR count). The van der Waals surface area contributed by atoms with Gasteiger partial charge in [-0.2, -0.15) is 0 Å². The Labute approximate surface area is 107 Å². The Balaban J connectivity index is 3.38. The summed E-state index contributed by atoms with van der Waals surface area (Å²) >= 11 is 1.41. The average Bonchev–Trinajstić information content (AvgIpc) is 2.27. The van der Waals surface area contributed by atoms with Crippen LogP contribution in [0.2, 0.25) is 0 Å². The maximum Gasteiger partial charge on any atom is 0.176 e. The normalized spacial score (nSPS) is 13.4. The molecule has 0 aliphatic carbocycles. The molecule has 0 amide bonds. The quantitative estimate of drug-likeness (QED) is 0.610. The van der Waals surface area contributed by atoms with Gasteiger partial charge in [-0.15, -0.1) is 11.8 Å². The van der Waals surface area contributed by atoms with E-state index in [2.05, 4.69) is 0 Å². The fraction of sp³-hybridized carbons (Fsp3) is 0.417. The summed E-state index contributed by atoms with van der Waals surface area (Å²) in [5.41, 5.74) is 0.924. The van der Waals surface area contributed by atoms with Gasteiger partial charge in [0.2, 0.25) is 0 Å². The van der Waals surface area contributed by atoms with E-state index < -0.39 is 9.84 Å². The van der Waals surface area contributed by atoms with Gasteiger partial charge in [-0.3, -0.25) is 0 Å². The van der Waals surface area contributed by atoms with Crippen LogP contribution in [0.4, 0.5) is 0 Å². The van der Waals surface area contributed by atoms with E-state index in [1.165, 1.54) is 18.0 Å².